The predicted octanol–water partition coefficient (Wildman–Crippen LogP) is 6.54. The summed E-state index contributed by atoms with van der Waals surface area (Å²) in [6.07, 6.45) is 4.58. The van der Waals surface area contributed by atoms with Gasteiger partial charge in [-0.25, -0.2) is 4.39 Å². The van der Waals surface area contributed by atoms with Crippen molar-refractivity contribution in [3.63, 3.8) is 0 Å². The third-order valence-corrected chi connectivity index (χ3v) is 6.67. The molecule has 1 aromatic heterocycles. The number of aliphatic hydroxyl groups is 1. The Morgan fingerprint density at radius 3 is 2.40 bits per heavy atom. The lowest BCUT2D eigenvalue weighted by Crippen LogP contribution is -2.45. The third-order valence-electron chi connectivity index (χ3n) is 5.98. The predicted molar refractivity (Wildman–Crippen MR) is 104 cm³/mol. The summed E-state index contributed by atoms with van der Waals surface area (Å²) in [5, 5.41) is 16.3. The van der Waals surface area contributed by atoms with Crippen molar-refractivity contribution < 1.29 is 9.50 Å². The van der Waals surface area contributed by atoms with Gasteiger partial charge in [0.1, 0.15) is 5.82 Å². The Morgan fingerprint density at radius 2 is 1.84 bits per heavy atom. The van der Waals surface area contributed by atoms with Crippen molar-refractivity contribution in [2.24, 2.45) is 11.3 Å². The summed E-state index contributed by atoms with van der Waals surface area (Å²) in [4.78, 5) is 0. The van der Waals surface area contributed by atoms with Crippen LogP contribution in [0.25, 0.3) is 11.1 Å². The van der Waals surface area contributed by atoms with E-state index < -0.39 is 5.60 Å². The van der Waals surface area contributed by atoms with E-state index in [0.717, 1.165) is 42.4 Å². The second-order valence-electron chi connectivity index (χ2n) is 8.06. The van der Waals surface area contributed by atoms with Crippen LogP contribution in [0.5, 0.6) is 0 Å². The van der Waals surface area contributed by atoms with Crippen LogP contribution in [-0.4, -0.2) is 5.11 Å². The molecule has 0 spiro atoms. The van der Waals surface area contributed by atoms with E-state index in [1.54, 1.807) is 17.4 Å². The van der Waals surface area contributed by atoms with Crippen LogP contribution in [0, 0.1) is 17.2 Å². The summed E-state index contributed by atoms with van der Waals surface area (Å²) in [6, 6.07) is 5.50. The maximum Gasteiger partial charge on any atom is 0.126 e. The molecule has 2 aromatic rings. The molecule has 1 nitrogen and oxygen atoms in total. The molecule has 136 valence electrons. The van der Waals surface area contributed by atoms with Gasteiger partial charge in [0.25, 0.3) is 0 Å². The van der Waals surface area contributed by atoms with Crippen LogP contribution < -0.4 is 0 Å². The highest BCUT2D eigenvalue weighted by molar-refractivity contribution is 7.08. The normalized spacial score (nSPS) is 21.7. The lowest BCUT2D eigenvalue weighted by Gasteiger charge is -2.44. The van der Waals surface area contributed by atoms with E-state index in [0.29, 0.717) is 12.0 Å². The van der Waals surface area contributed by atoms with E-state index in [-0.39, 0.29) is 17.2 Å². The summed E-state index contributed by atoms with van der Waals surface area (Å²) >= 11 is 1.64. The molecule has 0 bridgehead atoms. The van der Waals surface area contributed by atoms with Gasteiger partial charge in [0.15, 0.2) is 0 Å². The molecule has 1 aliphatic rings. The van der Waals surface area contributed by atoms with E-state index in [9.17, 15) is 9.50 Å². The van der Waals surface area contributed by atoms with Gasteiger partial charge in [-0.1, -0.05) is 46.6 Å². The summed E-state index contributed by atoms with van der Waals surface area (Å²) in [5.74, 6) is -0.0253. The fourth-order valence-electron chi connectivity index (χ4n) is 4.82. The molecule has 0 fully saturated rings. The Kier molecular flexibility index (Phi) is 5.09. The minimum absolute atomic E-state index is 0.151. The summed E-state index contributed by atoms with van der Waals surface area (Å²) in [5.41, 5.74) is 2.29. The molecule has 0 saturated heterocycles. The Balaban J connectivity index is 2.26. The molecule has 1 unspecified atom stereocenters. The van der Waals surface area contributed by atoms with Crippen LogP contribution in [0.3, 0.4) is 0 Å². The molecule has 1 aromatic carbocycles. The van der Waals surface area contributed by atoms with Gasteiger partial charge in [-0.2, -0.15) is 11.3 Å². The zero-order valence-corrected chi connectivity index (χ0v) is 16.5. The molecule has 1 aliphatic carbocycles. The highest BCUT2D eigenvalue weighted by Gasteiger charge is 2.56. The molecule has 3 rings (SSSR count). The number of halogens is 1. The fraction of sp³-hybridized carbons (Fsp3) is 0.545. The number of rotatable bonds is 6. The number of thiophene rings is 1. The van der Waals surface area contributed by atoms with Crippen molar-refractivity contribution in [3.8, 4) is 11.1 Å². The van der Waals surface area contributed by atoms with Gasteiger partial charge in [0.2, 0.25) is 0 Å². The van der Waals surface area contributed by atoms with E-state index in [2.05, 4.69) is 39.1 Å². The standard InChI is InChI=1S/C22H29FOS/c1-5-7-16(8-6-2)22(24)20-17(15-11-12-25-14-15)9-10-19(23)18(20)13-21(22,3)4/h9-12,14,16,24H,5-8,13H2,1-4H3. The first-order valence-electron chi connectivity index (χ1n) is 9.43. The van der Waals surface area contributed by atoms with Crippen molar-refractivity contribution in [2.45, 2.75) is 65.4 Å². The van der Waals surface area contributed by atoms with Gasteiger partial charge in [-0.15, -0.1) is 0 Å². The van der Waals surface area contributed by atoms with Gasteiger partial charge in [-0.05, 0) is 70.3 Å². The summed E-state index contributed by atoms with van der Waals surface area (Å²) in [6.45, 7) is 8.53. The average molecular weight is 361 g/mol. The van der Waals surface area contributed by atoms with E-state index in [4.69, 9.17) is 0 Å². The quantitative estimate of drug-likeness (QED) is 0.620. The summed E-state index contributed by atoms with van der Waals surface area (Å²) < 4.78 is 14.7. The largest absolute Gasteiger partial charge is 0.384 e. The Labute approximate surface area is 154 Å². The zero-order chi connectivity index (χ0) is 18.2. The molecule has 1 N–H and O–H groups in total. The number of benzene rings is 1. The van der Waals surface area contributed by atoms with Gasteiger partial charge < -0.3 is 5.11 Å². The van der Waals surface area contributed by atoms with Crippen LogP contribution in [0.15, 0.2) is 29.0 Å². The van der Waals surface area contributed by atoms with Crippen LogP contribution >= 0.6 is 11.3 Å². The Morgan fingerprint density at radius 1 is 1.16 bits per heavy atom. The molecule has 1 atom stereocenters. The molecule has 0 radical (unpaired) electrons. The van der Waals surface area contributed by atoms with E-state index >= 15 is 0 Å². The Bertz CT molecular complexity index is 729. The molecule has 25 heavy (non-hydrogen) atoms. The molecule has 1 heterocycles. The highest BCUT2D eigenvalue weighted by atomic mass is 32.1. The number of hydrogen-bond acceptors (Lipinski definition) is 2. The van der Waals surface area contributed by atoms with Crippen LogP contribution in [0.1, 0.15) is 64.5 Å². The van der Waals surface area contributed by atoms with Crippen molar-refractivity contribution in [1.82, 2.24) is 0 Å². The highest BCUT2D eigenvalue weighted by Crippen LogP contribution is 2.58. The monoisotopic (exact) mass is 360 g/mol. The molecule has 0 aliphatic heterocycles. The van der Waals surface area contributed by atoms with Crippen LogP contribution in [0.2, 0.25) is 0 Å². The minimum atomic E-state index is -0.992. The summed E-state index contributed by atoms with van der Waals surface area (Å²) in [7, 11) is 0. The van der Waals surface area contributed by atoms with Crippen molar-refractivity contribution in [2.75, 3.05) is 0 Å². The van der Waals surface area contributed by atoms with Gasteiger partial charge in [0.05, 0.1) is 5.60 Å². The smallest absolute Gasteiger partial charge is 0.126 e. The first-order chi connectivity index (χ1) is 11.9. The number of hydrogen-bond donors (Lipinski definition) is 1. The second-order valence-corrected chi connectivity index (χ2v) is 8.84. The van der Waals surface area contributed by atoms with Gasteiger partial charge in [0, 0.05) is 5.41 Å². The lowest BCUT2D eigenvalue weighted by atomic mass is 9.65. The van der Waals surface area contributed by atoms with Crippen LogP contribution in [0.4, 0.5) is 4.39 Å². The molecule has 0 amide bonds. The van der Waals surface area contributed by atoms with Gasteiger partial charge >= 0.3 is 0 Å². The van der Waals surface area contributed by atoms with Crippen molar-refractivity contribution >= 4 is 11.3 Å². The first kappa shape index (κ1) is 18.6. The molecular formula is C22H29FOS. The van der Waals surface area contributed by atoms with Crippen molar-refractivity contribution in [3.05, 3.63) is 45.9 Å². The fourth-order valence-corrected chi connectivity index (χ4v) is 5.48. The van der Waals surface area contributed by atoms with Crippen LogP contribution in [-0.2, 0) is 12.0 Å². The Hall–Kier alpha value is -1.19. The second kappa shape index (κ2) is 6.85. The van der Waals surface area contributed by atoms with Crippen molar-refractivity contribution in [1.29, 1.82) is 0 Å². The third kappa shape index (κ3) is 2.86. The maximum absolute atomic E-state index is 14.7. The number of fused-ring (bicyclic) bond motifs is 1. The molecule has 3 heteroatoms. The maximum atomic E-state index is 14.7. The minimum Gasteiger partial charge on any atom is -0.384 e. The zero-order valence-electron chi connectivity index (χ0n) is 15.7. The topological polar surface area (TPSA) is 20.2 Å². The average Bonchev–Trinajstić information content (AvgIpc) is 3.16. The van der Waals surface area contributed by atoms with Gasteiger partial charge in [-0.3, -0.25) is 0 Å². The SMILES string of the molecule is CCCC(CCC)C1(O)c2c(-c3ccsc3)ccc(F)c2CC1(C)C. The first-order valence-corrected chi connectivity index (χ1v) is 10.4. The lowest BCUT2D eigenvalue weighted by molar-refractivity contribution is -0.112. The molecular weight excluding hydrogens is 331 g/mol. The molecule has 0 saturated carbocycles. The van der Waals surface area contributed by atoms with E-state index in [1.807, 2.05) is 11.4 Å². The van der Waals surface area contributed by atoms with E-state index in [1.165, 1.54) is 0 Å².